The van der Waals surface area contributed by atoms with Gasteiger partial charge < -0.3 is 10.1 Å². The molecule has 0 bridgehead atoms. The molecular formula is C25H30N4O2. The maximum Gasteiger partial charge on any atom is 0.251 e. The fourth-order valence-corrected chi connectivity index (χ4v) is 3.89. The molecule has 0 radical (unpaired) electrons. The first kappa shape index (κ1) is 21.1. The van der Waals surface area contributed by atoms with Crippen LogP contribution in [0, 0.1) is 0 Å². The maximum atomic E-state index is 12.5. The van der Waals surface area contributed by atoms with E-state index in [1.165, 1.54) is 5.56 Å². The number of nitrogens with zero attached hydrogens (tertiary/aromatic N) is 3. The monoisotopic (exact) mass is 418 g/mol. The predicted molar refractivity (Wildman–Crippen MR) is 121 cm³/mol. The van der Waals surface area contributed by atoms with Crippen molar-refractivity contribution in [2.75, 3.05) is 13.1 Å². The standard InChI is InChI=1S/C25H30N4O2/c1-2-29-19-21(17-27-29)18-28-13-11-23(12-14-28)31-24-10-6-9-22(15-24)25(30)26-16-20-7-4-3-5-8-20/h3-10,15,17,19,23H,2,11-14,16,18H2,1H3,(H,26,30). The summed E-state index contributed by atoms with van der Waals surface area (Å²) >= 11 is 0. The average molecular weight is 419 g/mol. The van der Waals surface area contributed by atoms with Crippen LogP contribution in [-0.4, -0.2) is 39.8 Å². The van der Waals surface area contributed by atoms with Gasteiger partial charge in [-0.2, -0.15) is 5.10 Å². The molecule has 1 amide bonds. The molecule has 3 aromatic rings. The van der Waals surface area contributed by atoms with Gasteiger partial charge in [-0.1, -0.05) is 36.4 Å². The summed E-state index contributed by atoms with van der Waals surface area (Å²) in [7, 11) is 0. The first-order valence-electron chi connectivity index (χ1n) is 11.0. The van der Waals surface area contributed by atoms with Crippen LogP contribution in [0.4, 0.5) is 0 Å². The van der Waals surface area contributed by atoms with Crippen molar-refractivity contribution in [1.82, 2.24) is 20.0 Å². The summed E-state index contributed by atoms with van der Waals surface area (Å²) in [6.45, 7) is 6.45. The molecule has 1 saturated heterocycles. The van der Waals surface area contributed by atoms with Crippen molar-refractivity contribution in [2.24, 2.45) is 0 Å². The molecule has 2 heterocycles. The largest absolute Gasteiger partial charge is 0.490 e. The second-order valence-electron chi connectivity index (χ2n) is 7.99. The lowest BCUT2D eigenvalue weighted by Crippen LogP contribution is -2.37. The Bertz CT molecular complexity index is 978. The molecule has 4 rings (SSSR count). The first-order valence-corrected chi connectivity index (χ1v) is 11.0. The van der Waals surface area contributed by atoms with E-state index in [2.05, 4.69) is 28.4 Å². The van der Waals surface area contributed by atoms with Crippen molar-refractivity contribution < 1.29 is 9.53 Å². The van der Waals surface area contributed by atoms with Gasteiger partial charge in [0.25, 0.3) is 5.91 Å². The minimum Gasteiger partial charge on any atom is -0.490 e. The zero-order chi connectivity index (χ0) is 21.5. The van der Waals surface area contributed by atoms with E-state index in [4.69, 9.17) is 4.74 Å². The molecule has 1 fully saturated rings. The van der Waals surface area contributed by atoms with Crippen LogP contribution in [-0.2, 0) is 19.6 Å². The lowest BCUT2D eigenvalue weighted by molar-refractivity contribution is 0.0934. The number of rotatable bonds is 8. The van der Waals surface area contributed by atoms with Crippen LogP contribution in [0.2, 0.25) is 0 Å². The SMILES string of the molecule is CCn1cc(CN2CCC(Oc3cccc(C(=O)NCc4ccccc4)c3)CC2)cn1. The van der Waals surface area contributed by atoms with E-state index in [-0.39, 0.29) is 12.0 Å². The summed E-state index contributed by atoms with van der Waals surface area (Å²) in [5.41, 5.74) is 2.96. The molecule has 1 aromatic heterocycles. The fraction of sp³-hybridized carbons (Fsp3) is 0.360. The topological polar surface area (TPSA) is 59.4 Å². The normalized spacial score (nSPS) is 15.0. The predicted octanol–water partition coefficient (Wildman–Crippen LogP) is 3.88. The van der Waals surface area contributed by atoms with E-state index in [0.717, 1.165) is 50.3 Å². The minimum absolute atomic E-state index is 0.0863. The third-order valence-electron chi connectivity index (χ3n) is 5.65. The fourth-order valence-electron chi connectivity index (χ4n) is 3.89. The third-order valence-corrected chi connectivity index (χ3v) is 5.65. The van der Waals surface area contributed by atoms with Gasteiger partial charge in [0.2, 0.25) is 0 Å². The van der Waals surface area contributed by atoms with Crippen LogP contribution in [0.3, 0.4) is 0 Å². The Balaban J connectivity index is 1.25. The quantitative estimate of drug-likeness (QED) is 0.603. The van der Waals surface area contributed by atoms with E-state index < -0.39 is 0 Å². The molecule has 2 aromatic carbocycles. The van der Waals surface area contributed by atoms with Crippen molar-refractivity contribution >= 4 is 5.91 Å². The van der Waals surface area contributed by atoms with Crippen LogP contribution < -0.4 is 10.1 Å². The molecule has 0 spiro atoms. The number of piperidine rings is 1. The van der Waals surface area contributed by atoms with E-state index in [1.807, 2.05) is 65.5 Å². The van der Waals surface area contributed by atoms with Gasteiger partial charge in [-0.05, 0) is 43.5 Å². The number of benzene rings is 2. The molecule has 0 aliphatic carbocycles. The van der Waals surface area contributed by atoms with Gasteiger partial charge in [0.15, 0.2) is 0 Å². The van der Waals surface area contributed by atoms with Crippen LogP contribution in [0.25, 0.3) is 0 Å². The van der Waals surface area contributed by atoms with Crippen LogP contribution in [0.15, 0.2) is 67.0 Å². The molecule has 0 saturated carbocycles. The Morgan fingerprint density at radius 3 is 2.65 bits per heavy atom. The van der Waals surface area contributed by atoms with Gasteiger partial charge in [0.05, 0.1) is 6.20 Å². The van der Waals surface area contributed by atoms with E-state index in [9.17, 15) is 4.79 Å². The molecule has 1 N–H and O–H groups in total. The number of nitrogens with one attached hydrogen (secondary N) is 1. The van der Waals surface area contributed by atoms with Gasteiger partial charge in [-0.25, -0.2) is 0 Å². The van der Waals surface area contributed by atoms with Crippen molar-refractivity contribution in [2.45, 2.75) is 45.5 Å². The van der Waals surface area contributed by atoms with Gasteiger partial charge in [-0.3, -0.25) is 14.4 Å². The summed E-state index contributed by atoms with van der Waals surface area (Å²) in [6, 6.07) is 17.4. The summed E-state index contributed by atoms with van der Waals surface area (Å²) in [5.74, 6) is 0.673. The highest BCUT2D eigenvalue weighted by Gasteiger charge is 2.21. The zero-order valence-electron chi connectivity index (χ0n) is 18.0. The number of likely N-dealkylation sites (tertiary alicyclic amines) is 1. The van der Waals surface area contributed by atoms with Crippen molar-refractivity contribution in [3.05, 3.63) is 83.7 Å². The molecule has 31 heavy (non-hydrogen) atoms. The van der Waals surface area contributed by atoms with Crippen molar-refractivity contribution in [1.29, 1.82) is 0 Å². The van der Waals surface area contributed by atoms with E-state index in [0.29, 0.717) is 12.1 Å². The lowest BCUT2D eigenvalue weighted by atomic mass is 10.1. The van der Waals surface area contributed by atoms with Gasteiger partial charge in [-0.15, -0.1) is 0 Å². The molecule has 0 unspecified atom stereocenters. The van der Waals surface area contributed by atoms with Crippen LogP contribution in [0.5, 0.6) is 5.75 Å². The molecule has 1 aliphatic heterocycles. The Morgan fingerprint density at radius 2 is 1.90 bits per heavy atom. The smallest absolute Gasteiger partial charge is 0.251 e. The summed E-state index contributed by atoms with van der Waals surface area (Å²) < 4.78 is 8.17. The highest BCUT2D eigenvalue weighted by molar-refractivity contribution is 5.94. The van der Waals surface area contributed by atoms with E-state index >= 15 is 0 Å². The van der Waals surface area contributed by atoms with Gasteiger partial charge in [0.1, 0.15) is 11.9 Å². The minimum atomic E-state index is -0.0863. The highest BCUT2D eigenvalue weighted by atomic mass is 16.5. The molecule has 162 valence electrons. The number of amides is 1. The maximum absolute atomic E-state index is 12.5. The number of ether oxygens (including phenoxy) is 1. The number of carbonyl (C=O) groups is 1. The van der Waals surface area contributed by atoms with E-state index in [1.54, 1.807) is 0 Å². The van der Waals surface area contributed by atoms with Crippen LogP contribution in [0.1, 0.15) is 41.3 Å². The van der Waals surface area contributed by atoms with Gasteiger partial charge in [0, 0.05) is 50.0 Å². The Kier molecular flexibility index (Phi) is 6.99. The first-order chi connectivity index (χ1) is 15.2. The van der Waals surface area contributed by atoms with Crippen LogP contribution >= 0.6 is 0 Å². The number of aromatic nitrogens is 2. The zero-order valence-corrected chi connectivity index (χ0v) is 18.0. The molecule has 1 aliphatic rings. The number of aryl methyl sites for hydroxylation is 1. The second kappa shape index (κ2) is 10.3. The molecule has 6 heteroatoms. The summed E-state index contributed by atoms with van der Waals surface area (Å²) in [4.78, 5) is 15.0. The Morgan fingerprint density at radius 1 is 1.10 bits per heavy atom. The number of carbonyl (C=O) groups excluding carboxylic acids is 1. The summed E-state index contributed by atoms with van der Waals surface area (Å²) in [5, 5.41) is 7.33. The third kappa shape index (κ3) is 5.95. The molecular weight excluding hydrogens is 388 g/mol. The highest BCUT2D eigenvalue weighted by Crippen LogP contribution is 2.21. The Labute approximate surface area is 183 Å². The second-order valence-corrected chi connectivity index (χ2v) is 7.99. The molecule has 6 nitrogen and oxygen atoms in total. The van der Waals surface area contributed by atoms with Crippen molar-refractivity contribution in [3.8, 4) is 5.75 Å². The lowest BCUT2D eigenvalue weighted by Gasteiger charge is -2.31. The van der Waals surface area contributed by atoms with Crippen molar-refractivity contribution in [3.63, 3.8) is 0 Å². The summed E-state index contributed by atoms with van der Waals surface area (Å²) in [6.07, 6.45) is 6.22. The number of hydrogen-bond donors (Lipinski definition) is 1. The Hall–Kier alpha value is -3.12. The molecule has 0 atom stereocenters. The number of hydrogen-bond acceptors (Lipinski definition) is 4. The van der Waals surface area contributed by atoms with Gasteiger partial charge >= 0.3 is 0 Å². The average Bonchev–Trinajstić information content (AvgIpc) is 3.27.